The van der Waals surface area contributed by atoms with Gasteiger partial charge in [-0.3, -0.25) is 0 Å². The lowest BCUT2D eigenvalue weighted by Crippen LogP contribution is -2.19. The molecule has 1 N–H and O–H groups in total. The number of rotatable bonds is 5. The van der Waals surface area contributed by atoms with E-state index >= 15 is 0 Å². The molecule has 2 rings (SSSR count). The Morgan fingerprint density at radius 2 is 2.17 bits per heavy atom. The molecular weight excluding hydrogens is 226 g/mol. The van der Waals surface area contributed by atoms with Gasteiger partial charge in [-0.1, -0.05) is 6.92 Å². The summed E-state index contributed by atoms with van der Waals surface area (Å²) < 4.78 is 11.2. The molecule has 18 heavy (non-hydrogen) atoms. The van der Waals surface area contributed by atoms with E-state index in [1.165, 1.54) is 5.56 Å². The van der Waals surface area contributed by atoms with Crippen molar-refractivity contribution in [3.63, 3.8) is 0 Å². The number of fused-ring (bicyclic) bond motifs is 1. The van der Waals surface area contributed by atoms with Crippen molar-refractivity contribution < 1.29 is 9.15 Å². The van der Waals surface area contributed by atoms with Crippen molar-refractivity contribution in [3.8, 4) is 5.75 Å². The first-order valence-corrected chi connectivity index (χ1v) is 6.47. The first-order chi connectivity index (χ1) is 8.67. The highest BCUT2D eigenvalue weighted by Crippen LogP contribution is 2.31. The van der Waals surface area contributed by atoms with Crippen molar-refractivity contribution in [1.82, 2.24) is 5.32 Å². The highest BCUT2D eigenvalue weighted by atomic mass is 16.5. The molecule has 0 radical (unpaired) electrons. The maximum Gasteiger partial charge on any atom is 0.134 e. The smallest absolute Gasteiger partial charge is 0.134 e. The maximum atomic E-state index is 5.94. The Bertz CT molecular complexity index is 531. The molecule has 0 spiro atoms. The van der Waals surface area contributed by atoms with Crippen LogP contribution in [0.4, 0.5) is 0 Å². The number of ether oxygens (including phenoxy) is 1. The molecule has 0 aliphatic heterocycles. The fourth-order valence-electron chi connectivity index (χ4n) is 2.21. The molecule has 0 fully saturated rings. The van der Waals surface area contributed by atoms with Gasteiger partial charge < -0.3 is 14.5 Å². The van der Waals surface area contributed by atoms with Gasteiger partial charge in [0, 0.05) is 10.9 Å². The van der Waals surface area contributed by atoms with Crippen LogP contribution in [-0.4, -0.2) is 13.7 Å². The molecule has 1 atom stereocenters. The van der Waals surface area contributed by atoms with Gasteiger partial charge in [0.2, 0.25) is 0 Å². The molecule has 0 saturated carbocycles. The van der Waals surface area contributed by atoms with Gasteiger partial charge in [-0.05, 0) is 45.0 Å². The van der Waals surface area contributed by atoms with Crippen molar-refractivity contribution >= 4 is 11.0 Å². The summed E-state index contributed by atoms with van der Waals surface area (Å²) in [5.41, 5.74) is 2.12. The number of benzene rings is 1. The molecule has 2 aromatic rings. The molecule has 3 nitrogen and oxygen atoms in total. The van der Waals surface area contributed by atoms with Crippen molar-refractivity contribution in [3.05, 3.63) is 29.5 Å². The standard InChI is InChI=1S/C15H21NO2/c1-5-8-16-11(3)15-10(2)13-9-12(17-4)6-7-14(13)18-15/h6-7,9,11,16H,5,8H2,1-4H3. The molecule has 1 aromatic carbocycles. The Morgan fingerprint density at radius 3 is 2.83 bits per heavy atom. The van der Waals surface area contributed by atoms with Crippen LogP contribution in [0, 0.1) is 6.92 Å². The second kappa shape index (κ2) is 5.44. The van der Waals surface area contributed by atoms with Crippen molar-refractivity contribution in [2.24, 2.45) is 0 Å². The molecular formula is C15H21NO2. The van der Waals surface area contributed by atoms with E-state index in [-0.39, 0.29) is 6.04 Å². The first-order valence-electron chi connectivity index (χ1n) is 6.47. The van der Waals surface area contributed by atoms with Crippen LogP contribution in [0.15, 0.2) is 22.6 Å². The molecule has 0 aliphatic carbocycles. The Hall–Kier alpha value is -1.48. The average Bonchev–Trinajstić information content (AvgIpc) is 2.73. The minimum atomic E-state index is 0.239. The van der Waals surface area contributed by atoms with E-state index in [0.717, 1.165) is 35.4 Å². The lowest BCUT2D eigenvalue weighted by atomic mass is 10.1. The fourth-order valence-corrected chi connectivity index (χ4v) is 2.21. The number of hydrogen-bond donors (Lipinski definition) is 1. The highest BCUT2D eigenvalue weighted by molar-refractivity contribution is 5.83. The number of hydrogen-bond acceptors (Lipinski definition) is 3. The topological polar surface area (TPSA) is 34.4 Å². The lowest BCUT2D eigenvalue weighted by molar-refractivity contribution is 0.415. The van der Waals surface area contributed by atoms with E-state index in [1.54, 1.807) is 7.11 Å². The zero-order valence-electron chi connectivity index (χ0n) is 11.5. The Morgan fingerprint density at radius 1 is 1.39 bits per heavy atom. The van der Waals surface area contributed by atoms with Gasteiger partial charge >= 0.3 is 0 Å². The van der Waals surface area contributed by atoms with E-state index in [1.807, 2.05) is 18.2 Å². The third kappa shape index (κ3) is 2.36. The first kappa shape index (κ1) is 13.0. The SMILES string of the molecule is CCCNC(C)c1oc2ccc(OC)cc2c1C. The van der Waals surface area contributed by atoms with Gasteiger partial charge in [0.15, 0.2) is 0 Å². The van der Waals surface area contributed by atoms with Gasteiger partial charge in [0.1, 0.15) is 17.1 Å². The molecule has 1 heterocycles. The minimum absolute atomic E-state index is 0.239. The second-order valence-electron chi connectivity index (χ2n) is 4.63. The monoisotopic (exact) mass is 247 g/mol. The summed E-state index contributed by atoms with van der Waals surface area (Å²) in [6.45, 7) is 7.40. The van der Waals surface area contributed by atoms with Crippen LogP contribution in [0.5, 0.6) is 5.75 Å². The Labute approximate surface area is 108 Å². The van der Waals surface area contributed by atoms with E-state index < -0.39 is 0 Å². The number of aryl methyl sites for hydroxylation is 1. The second-order valence-corrected chi connectivity index (χ2v) is 4.63. The third-order valence-electron chi connectivity index (χ3n) is 3.27. The van der Waals surface area contributed by atoms with Crippen LogP contribution < -0.4 is 10.1 Å². The number of nitrogens with one attached hydrogen (secondary N) is 1. The van der Waals surface area contributed by atoms with Gasteiger partial charge in [-0.2, -0.15) is 0 Å². The van der Waals surface area contributed by atoms with E-state index in [2.05, 4.69) is 26.1 Å². The highest BCUT2D eigenvalue weighted by Gasteiger charge is 2.16. The Balaban J connectivity index is 2.37. The maximum absolute atomic E-state index is 5.94. The van der Waals surface area contributed by atoms with Crippen molar-refractivity contribution in [2.75, 3.05) is 13.7 Å². The molecule has 1 unspecified atom stereocenters. The molecule has 0 saturated heterocycles. The molecule has 3 heteroatoms. The quantitative estimate of drug-likeness (QED) is 0.872. The Kier molecular flexibility index (Phi) is 3.92. The largest absolute Gasteiger partial charge is 0.497 e. The summed E-state index contributed by atoms with van der Waals surface area (Å²) in [4.78, 5) is 0. The summed E-state index contributed by atoms with van der Waals surface area (Å²) in [7, 11) is 1.68. The summed E-state index contributed by atoms with van der Waals surface area (Å²) in [6.07, 6.45) is 1.12. The van der Waals surface area contributed by atoms with Gasteiger partial charge in [0.05, 0.1) is 13.2 Å². The number of methoxy groups -OCH3 is 1. The van der Waals surface area contributed by atoms with E-state index in [4.69, 9.17) is 9.15 Å². The fraction of sp³-hybridized carbons (Fsp3) is 0.467. The lowest BCUT2D eigenvalue weighted by Gasteiger charge is -2.11. The normalized spacial score (nSPS) is 12.9. The molecule has 1 aromatic heterocycles. The zero-order valence-corrected chi connectivity index (χ0v) is 11.5. The summed E-state index contributed by atoms with van der Waals surface area (Å²) in [5.74, 6) is 1.89. The van der Waals surface area contributed by atoms with Crippen LogP contribution in [0.2, 0.25) is 0 Å². The zero-order chi connectivity index (χ0) is 13.1. The predicted octanol–water partition coefficient (Wildman–Crippen LogP) is 3.81. The van der Waals surface area contributed by atoms with Crippen LogP contribution in [-0.2, 0) is 0 Å². The molecule has 0 aliphatic rings. The summed E-state index contributed by atoms with van der Waals surface area (Å²) >= 11 is 0. The van der Waals surface area contributed by atoms with Gasteiger partial charge in [-0.15, -0.1) is 0 Å². The summed E-state index contributed by atoms with van der Waals surface area (Å²) in [6, 6.07) is 6.17. The van der Waals surface area contributed by atoms with Crippen LogP contribution in [0.25, 0.3) is 11.0 Å². The predicted molar refractivity (Wildman–Crippen MR) is 74.2 cm³/mol. The molecule has 98 valence electrons. The van der Waals surface area contributed by atoms with E-state index in [9.17, 15) is 0 Å². The van der Waals surface area contributed by atoms with Crippen molar-refractivity contribution in [2.45, 2.75) is 33.2 Å². The molecule has 0 bridgehead atoms. The number of furan rings is 1. The summed E-state index contributed by atoms with van der Waals surface area (Å²) in [5, 5.41) is 4.59. The van der Waals surface area contributed by atoms with Gasteiger partial charge in [0.25, 0.3) is 0 Å². The van der Waals surface area contributed by atoms with Crippen LogP contribution >= 0.6 is 0 Å². The van der Waals surface area contributed by atoms with E-state index in [0.29, 0.717) is 0 Å². The van der Waals surface area contributed by atoms with Crippen LogP contribution in [0.3, 0.4) is 0 Å². The van der Waals surface area contributed by atoms with Crippen molar-refractivity contribution in [1.29, 1.82) is 0 Å². The minimum Gasteiger partial charge on any atom is -0.497 e. The van der Waals surface area contributed by atoms with Crippen LogP contribution in [0.1, 0.15) is 37.6 Å². The molecule has 0 amide bonds. The average molecular weight is 247 g/mol. The third-order valence-corrected chi connectivity index (χ3v) is 3.27. The van der Waals surface area contributed by atoms with Gasteiger partial charge in [-0.25, -0.2) is 0 Å².